The van der Waals surface area contributed by atoms with Gasteiger partial charge in [-0.05, 0) is 24.6 Å². The molecule has 1 fully saturated rings. The molecular weight excluding hydrogens is 352 g/mol. The van der Waals surface area contributed by atoms with Crippen molar-refractivity contribution in [3.05, 3.63) is 52.0 Å². The van der Waals surface area contributed by atoms with E-state index in [0.717, 1.165) is 5.56 Å². The minimum absolute atomic E-state index is 0.0171. The fourth-order valence-electron chi connectivity index (χ4n) is 2.49. The molecule has 1 aromatic heterocycles. The van der Waals surface area contributed by atoms with Crippen LogP contribution in [0.5, 0.6) is 0 Å². The molecule has 3 rings (SSSR count). The Morgan fingerprint density at radius 3 is 2.54 bits per heavy atom. The van der Waals surface area contributed by atoms with Gasteiger partial charge in [-0.1, -0.05) is 0 Å². The highest BCUT2D eigenvalue weighted by molar-refractivity contribution is 8.00. The third kappa shape index (κ3) is 2.92. The topological polar surface area (TPSA) is 98.3 Å². The highest BCUT2D eigenvalue weighted by atomic mass is 32.2. The molecule has 2 heterocycles. The van der Waals surface area contributed by atoms with Gasteiger partial charge in [0.25, 0.3) is 15.7 Å². The van der Waals surface area contributed by atoms with E-state index >= 15 is 0 Å². The first-order valence-electron chi connectivity index (χ1n) is 7.18. The van der Waals surface area contributed by atoms with Gasteiger partial charge in [0.15, 0.2) is 5.03 Å². The van der Waals surface area contributed by atoms with E-state index in [1.165, 1.54) is 34.4 Å². The summed E-state index contributed by atoms with van der Waals surface area (Å²) in [6.07, 6.45) is 1.50. The fourth-order valence-corrected chi connectivity index (χ4v) is 5.76. The zero-order valence-corrected chi connectivity index (χ0v) is 14.7. The van der Waals surface area contributed by atoms with Gasteiger partial charge >= 0.3 is 0 Å². The van der Waals surface area contributed by atoms with Crippen molar-refractivity contribution in [2.24, 2.45) is 7.05 Å². The van der Waals surface area contributed by atoms with Gasteiger partial charge in [0.1, 0.15) is 5.82 Å². The Morgan fingerprint density at radius 2 is 2.00 bits per heavy atom. The van der Waals surface area contributed by atoms with Gasteiger partial charge in [0, 0.05) is 37.7 Å². The number of nitro benzene ring substituents is 1. The number of nitrogens with zero attached hydrogens (tertiary/aromatic N) is 4. The smallest absolute Gasteiger partial charge is 0.269 e. The number of thioether (sulfide) groups is 1. The summed E-state index contributed by atoms with van der Waals surface area (Å²) < 4.78 is 28.8. The quantitative estimate of drug-likeness (QED) is 0.605. The van der Waals surface area contributed by atoms with Crippen LogP contribution in [0.3, 0.4) is 0 Å². The van der Waals surface area contributed by atoms with Crippen LogP contribution in [0.4, 0.5) is 5.69 Å². The highest BCUT2D eigenvalue weighted by Crippen LogP contribution is 2.41. The van der Waals surface area contributed by atoms with Gasteiger partial charge in [-0.3, -0.25) is 10.1 Å². The van der Waals surface area contributed by atoms with Crippen LogP contribution in [0.1, 0.15) is 16.8 Å². The Bertz CT molecular complexity index is 857. The number of benzene rings is 1. The lowest BCUT2D eigenvalue weighted by Gasteiger charge is -2.22. The van der Waals surface area contributed by atoms with Crippen molar-refractivity contribution in [1.82, 2.24) is 13.9 Å². The zero-order chi connectivity index (χ0) is 17.5. The summed E-state index contributed by atoms with van der Waals surface area (Å²) >= 11 is 1.49. The summed E-state index contributed by atoms with van der Waals surface area (Å²) in [4.78, 5) is 14.4. The summed E-state index contributed by atoms with van der Waals surface area (Å²) in [7, 11) is -1.97. The maximum absolute atomic E-state index is 12.9. The van der Waals surface area contributed by atoms with Gasteiger partial charge < -0.3 is 4.57 Å². The third-order valence-electron chi connectivity index (χ3n) is 3.90. The monoisotopic (exact) mass is 368 g/mol. The molecular formula is C14H16N4O4S2. The highest BCUT2D eigenvalue weighted by Gasteiger charge is 2.38. The largest absolute Gasteiger partial charge is 0.337 e. The number of non-ortho nitro benzene ring substituents is 1. The SMILES string of the molecule is Cc1nc(S(=O)(=O)N2CCSC2c2ccc([N+](=O)[O-])cc2)cn1C. The van der Waals surface area contributed by atoms with E-state index in [4.69, 9.17) is 0 Å². The predicted molar refractivity (Wildman–Crippen MR) is 90.1 cm³/mol. The first-order chi connectivity index (χ1) is 11.3. The van der Waals surface area contributed by atoms with Crippen molar-refractivity contribution in [3.8, 4) is 0 Å². The number of imidazole rings is 1. The molecule has 0 aliphatic carbocycles. The molecule has 0 spiro atoms. The maximum atomic E-state index is 12.9. The van der Waals surface area contributed by atoms with E-state index in [2.05, 4.69) is 4.98 Å². The van der Waals surface area contributed by atoms with Gasteiger partial charge in [-0.2, -0.15) is 4.31 Å². The summed E-state index contributed by atoms with van der Waals surface area (Å²) in [6, 6.07) is 5.99. The Hall–Kier alpha value is -1.91. The second kappa shape index (κ2) is 6.19. The number of aromatic nitrogens is 2. The molecule has 0 amide bonds. The lowest BCUT2D eigenvalue weighted by molar-refractivity contribution is -0.384. The van der Waals surface area contributed by atoms with Crippen LogP contribution >= 0.6 is 11.8 Å². The average molecular weight is 368 g/mol. The van der Waals surface area contributed by atoms with E-state index in [1.807, 2.05) is 0 Å². The van der Waals surface area contributed by atoms with Crippen LogP contribution in [0.2, 0.25) is 0 Å². The van der Waals surface area contributed by atoms with Crippen LogP contribution in [0.15, 0.2) is 35.5 Å². The number of nitro groups is 1. The van der Waals surface area contributed by atoms with Crippen molar-refractivity contribution >= 4 is 27.5 Å². The number of aryl methyl sites for hydroxylation is 2. The van der Waals surface area contributed by atoms with Crippen LogP contribution < -0.4 is 0 Å². The van der Waals surface area contributed by atoms with Crippen molar-refractivity contribution in [3.63, 3.8) is 0 Å². The molecule has 0 bridgehead atoms. The first-order valence-corrected chi connectivity index (χ1v) is 9.67. The predicted octanol–water partition coefficient (Wildman–Crippen LogP) is 2.07. The summed E-state index contributed by atoms with van der Waals surface area (Å²) in [5, 5.41) is 10.4. The molecule has 10 heteroatoms. The zero-order valence-electron chi connectivity index (χ0n) is 13.1. The molecule has 0 radical (unpaired) electrons. The Kier molecular flexibility index (Phi) is 4.37. The number of rotatable bonds is 4. The summed E-state index contributed by atoms with van der Waals surface area (Å²) in [6.45, 7) is 2.12. The van der Waals surface area contributed by atoms with Crippen LogP contribution in [-0.2, 0) is 17.1 Å². The van der Waals surface area contributed by atoms with Gasteiger partial charge in [-0.25, -0.2) is 13.4 Å². The molecule has 1 aliphatic heterocycles. The molecule has 2 aromatic rings. The molecule has 0 saturated carbocycles. The Labute approximate surface area is 143 Å². The maximum Gasteiger partial charge on any atom is 0.269 e. The normalized spacial score (nSPS) is 18.8. The molecule has 1 aliphatic rings. The second-order valence-electron chi connectivity index (χ2n) is 5.42. The molecule has 1 aromatic carbocycles. The van der Waals surface area contributed by atoms with Crippen molar-refractivity contribution < 1.29 is 13.3 Å². The minimum Gasteiger partial charge on any atom is -0.337 e. The van der Waals surface area contributed by atoms with E-state index in [9.17, 15) is 18.5 Å². The summed E-state index contributed by atoms with van der Waals surface area (Å²) in [5.41, 5.74) is 0.704. The van der Waals surface area contributed by atoms with E-state index in [0.29, 0.717) is 18.1 Å². The Morgan fingerprint density at radius 1 is 1.33 bits per heavy atom. The van der Waals surface area contributed by atoms with Crippen molar-refractivity contribution in [2.75, 3.05) is 12.3 Å². The molecule has 1 unspecified atom stereocenters. The Balaban J connectivity index is 1.94. The van der Waals surface area contributed by atoms with E-state index < -0.39 is 20.3 Å². The average Bonchev–Trinajstić information content (AvgIpc) is 3.16. The van der Waals surface area contributed by atoms with Gasteiger partial charge in [0.05, 0.1) is 10.3 Å². The molecule has 1 atom stereocenters. The molecule has 1 saturated heterocycles. The number of sulfonamides is 1. The molecule has 8 nitrogen and oxygen atoms in total. The van der Waals surface area contributed by atoms with Crippen molar-refractivity contribution in [1.29, 1.82) is 0 Å². The van der Waals surface area contributed by atoms with E-state index in [1.54, 1.807) is 30.7 Å². The molecule has 24 heavy (non-hydrogen) atoms. The van der Waals surface area contributed by atoms with Crippen LogP contribution in [0, 0.1) is 17.0 Å². The van der Waals surface area contributed by atoms with Crippen LogP contribution in [-0.4, -0.2) is 39.5 Å². The standard InChI is InChI=1S/C14H16N4O4S2/c1-10-15-13(9-16(10)2)24(21,22)17-7-8-23-14(17)11-3-5-12(6-4-11)18(19)20/h3-6,9,14H,7-8H2,1-2H3. The lowest BCUT2D eigenvalue weighted by atomic mass is 10.2. The van der Waals surface area contributed by atoms with Crippen LogP contribution in [0.25, 0.3) is 0 Å². The molecule has 128 valence electrons. The summed E-state index contributed by atoms with van der Waals surface area (Å²) in [5.74, 6) is 1.28. The third-order valence-corrected chi connectivity index (χ3v) is 7.03. The second-order valence-corrected chi connectivity index (χ2v) is 8.45. The van der Waals surface area contributed by atoms with Gasteiger partial charge in [-0.15, -0.1) is 11.8 Å². The number of hydrogen-bond acceptors (Lipinski definition) is 6. The minimum atomic E-state index is -3.72. The van der Waals surface area contributed by atoms with Gasteiger partial charge in [0.2, 0.25) is 0 Å². The van der Waals surface area contributed by atoms with E-state index in [-0.39, 0.29) is 10.7 Å². The first kappa shape index (κ1) is 16.9. The lowest BCUT2D eigenvalue weighted by Crippen LogP contribution is -2.30. The van der Waals surface area contributed by atoms with Crippen molar-refractivity contribution in [2.45, 2.75) is 17.3 Å². The number of hydrogen-bond donors (Lipinski definition) is 0. The molecule has 0 N–H and O–H groups in total. The fraction of sp³-hybridized carbons (Fsp3) is 0.357.